The van der Waals surface area contributed by atoms with Gasteiger partial charge in [0.15, 0.2) is 6.61 Å². The molecule has 1 amide bonds. The first-order valence-electron chi connectivity index (χ1n) is 5.68. The van der Waals surface area contributed by atoms with Crippen LogP contribution >= 0.6 is 11.6 Å². The fourth-order valence-corrected chi connectivity index (χ4v) is 2.55. The van der Waals surface area contributed by atoms with Crippen LogP contribution in [-0.2, 0) is 4.79 Å². The Morgan fingerprint density at radius 1 is 1.29 bits per heavy atom. The van der Waals surface area contributed by atoms with E-state index < -0.39 is 0 Å². The van der Waals surface area contributed by atoms with E-state index in [0.29, 0.717) is 10.8 Å². The maximum atomic E-state index is 11.6. The number of rotatable bonds is 4. The molecule has 3 aliphatic rings. The second-order valence-corrected chi connectivity index (χ2v) is 5.29. The van der Waals surface area contributed by atoms with E-state index in [1.54, 1.807) is 30.2 Å². The van der Waals surface area contributed by atoms with E-state index >= 15 is 0 Å². The molecule has 0 aromatic heterocycles. The lowest BCUT2D eigenvalue weighted by atomic mass is 9.50. The Morgan fingerprint density at radius 3 is 2.47 bits per heavy atom. The number of carbonyl (C=O) groups excluding carboxylic acids is 1. The van der Waals surface area contributed by atoms with Crippen LogP contribution in [0.5, 0.6) is 5.75 Å². The van der Waals surface area contributed by atoms with Gasteiger partial charge in [-0.25, -0.2) is 0 Å². The van der Waals surface area contributed by atoms with Gasteiger partial charge in [-0.05, 0) is 49.4 Å². The van der Waals surface area contributed by atoms with Crippen molar-refractivity contribution in [2.45, 2.75) is 24.8 Å². The molecule has 4 rings (SSSR count). The molecule has 1 radical (unpaired) electrons. The maximum Gasteiger partial charge on any atom is 0.258 e. The second-order valence-electron chi connectivity index (χ2n) is 4.85. The van der Waals surface area contributed by atoms with Crippen LogP contribution in [0.3, 0.4) is 0 Å². The highest BCUT2D eigenvalue weighted by Crippen LogP contribution is 2.58. The number of halogens is 1. The van der Waals surface area contributed by atoms with Crippen molar-refractivity contribution in [3.63, 3.8) is 0 Å². The Hall–Kier alpha value is -1.22. The van der Waals surface area contributed by atoms with E-state index in [2.05, 4.69) is 5.32 Å². The van der Waals surface area contributed by atoms with Gasteiger partial charge < -0.3 is 10.1 Å². The van der Waals surface area contributed by atoms with Crippen LogP contribution in [0.4, 0.5) is 0 Å². The molecule has 0 unspecified atom stereocenters. The van der Waals surface area contributed by atoms with Crippen molar-refractivity contribution in [2.75, 3.05) is 6.61 Å². The molecule has 2 bridgehead atoms. The van der Waals surface area contributed by atoms with E-state index in [0.717, 1.165) is 19.3 Å². The molecule has 3 saturated carbocycles. The SMILES string of the molecule is O=C(COc1ccc(Cl)cc1)NC12C[C](C1)C2. The summed E-state index contributed by atoms with van der Waals surface area (Å²) in [7, 11) is 0. The molecular formula is C13H13ClNO2. The zero-order valence-electron chi connectivity index (χ0n) is 9.33. The monoisotopic (exact) mass is 250 g/mol. The summed E-state index contributed by atoms with van der Waals surface area (Å²) in [5.74, 6) is 2.19. The lowest BCUT2D eigenvalue weighted by Crippen LogP contribution is -2.67. The molecule has 0 aliphatic heterocycles. The first kappa shape index (κ1) is 10.9. The van der Waals surface area contributed by atoms with Crippen molar-refractivity contribution in [2.24, 2.45) is 0 Å². The van der Waals surface area contributed by atoms with Gasteiger partial charge in [-0.2, -0.15) is 0 Å². The molecule has 0 atom stereocenters. The third-order valence-electron chi connectivity index (χ3n) is 3.35. The predicted molar refractivity (Wildman–Crippen MR) is 64.9 cm³/mol. The molecule has 1 aromatic rings. The number of benzene rings is 1. The van der Waals surface area contributed by atoms with Gasteiger partial charge in [0.05, 0.1) is 0 Å². The Balaban J connectivity index is 1.47. The number of carbonyl (C=O) groups is 1. The van der Waals surface area contributed by atoms with Crippen molar-refractivity contribution in [3.8, 4) is 5.75 Å². The molecule has 3 nitrogen and oxygen atoms in total. The Bertz CT molecular complexity index is 426. The Kier molecular flexibility index (Phi) is 2.51. The Labute approximate surface area is 105 Å². The van der Waals surface area contributed by atoms with Crippen molar-refractivity contribution >= 4 is 17.5 Å². The number of amides is 1. The largest absolute Gasteiger partial charge is 0.484 e. The van der Waals surface area contributed by atoms with Gasteiger partial charge in [0.2, 0.25) is 0 Å². The van der Waals surface area contributed by atoms with Crippen LogP contribution in [0.1, 0.15) is 19.3 Å². The molecule has 1 N–H and O–H groups in total. The standard InChI is InChI=1S/C13H13ClNO2/c14-10-1-3-11(4-2-10)17-8-12(16)15-13-5-9(6-13)7-13/h1-4H,5-8H2,(H,15,16). The quantitative estimate of drug-likeness (QED) is 0.891. The van der Waals surface area contributed by atoms with Crippen LogP contribution in [0.2, 0.25) is 5.02 Å². The van der Waals surface area contributed by atoms with Crippen LogP contribution in [-0.4, -0.2) is 18.1 Å². The summed E-state index contributed by atoms with van der Waals surface area (Å²) in [5, 5.41) is 3.69. The van der Waals surface area contributed by atoms with E-state index in [4.69, 9.17) is 16.3 Å². The van der Waals surface area contributed by atoms with Crippen molar-refractivity contribution in [1.82, 2.24) is 5.32 Å². The van der Waals surface area contributed by atoms with Crippen molar-refractivity contribution in [3.05, 3.63) is 35.2 Å². The smallest absolute Gasteiger partial charge is 0.258 e. The zero-order valence-corrected chi connectivity index (χ0v) is 10.1. The molecule has 3 fully saturated rings. The van der Waals surface area contributed by atoms with Gasteiger partial charge in [0.25, 0.3) is 5.91 Å². The highest BCUT2D eigenvalue weighted by Gasteiger charge is 2.57. The number of ether oxygens (including phenoxy) is 1. The minimum absolute atomic E-state index is 0.0429. The van der Waals surface area contributed by atoms with Gasteiger partial charge in [-0.15, -0.1) is 0 Å². The normalized spacial score (nSPS) is 20.1. The van der Waals surface area contributed by atoms with Crippen molar-refractivity contribution < 1.29 is 9.53 Å². The molecular weight excluding hydrogens is 238 g/mol. The van der Waals surface area contributed by atoms with Gasteiger partial charge in [-0.3, -0.25) is 4.79 Å². The predicted octanol–water partition coefficient (Wildman–Crippen LogP) is 2.35. The fourth-order valence-electron chi connectivity index (χ4n) is 2.42. The average Bonchev–Trinajstić information content (AvgIpc) is 2.21. The number of hydrogen-bond acceptors (Lipinski definition) is 2. The number of hydrogen-bond donors (Lipinski definition) is 1. The summed E-state index contributed by atoms with van der Waals surface area (Å²) >= 11 is 5.76. The molecule has 0 heterocycles. The summed E-state index contributed by atoms with van der Waals surface area (Å²) in [5.41, 5.74) is 0.0930. The molecule has 4 heteroatoms. The molecule has 0 spiro atoms. The summed E-state index contributed by atoms with van der Waals surface area (Å²) in [6, 6.07) is 7.00. The first-order valence-corrected chi connectivity index (χ1v) is 6.06. The van der Waals surface area contributed by atoms with Crippen molar-refractivity contribution in [1.29, 1.82) is 0 Å². The third-order valence-corrected chi connectivity index (χ3v) is 3.61. The fraction of sp³-hybridized carbons (Fsp3) is 0.385. The Morgan fingerprint density at radius 2 is 1.94 bits per heavy atom. The average molecular weight is 251 g/mol. The van der Waals surface area contributed by atoms with E-state index in [-0.39, 0.29) is 18.1 Å². The topological polar surface area (TPSA) is 38.3 Å². The van der Waals surface area contributed by atoms with Gasteiger partial charge in [0.1, 0.15) is 5.75 Å². The summed E-state index contributed by atoms with van der Waals surface area (Å²) in [4.78, 5) is 11.6. The van der Waals surface area contributed by atoms with E-state index in [9.17, 15) is 4.79 Å². The van der Waals surface area contributed by atoms with Gasteiger partial charge in [0, 0.05) is 10.6 Å². The van der Waals surface area contributed by atoms with Gasteiger partial charge >= 0.3 is 0 Å². The highest BCUT2D eigenvalue weighted by molar-refractivity contribution is 6.30. The molecule has 1 aromatic carbocycles. The van der Waals surface area contributed by atoms with Crippen LogP contribution in [0.25, 0.3) is 0 Å². The van der Waals surface area contributed by atoms with E-state index in [1.807, 2.05) is 0 Å². The second kappa shape index (κ2) is 3.91. The summed E-state index contributed by atoms with van der Waals surface area (Å²) in [6.07, 6.45) is 3.21. The van der Waals surface area contributed by atoms with Crippen LogP contribution in [0, 0.1) is 5.92 Å². The lowest BCUT2D eigenvalue weighted by molar-refractivity contribution is -0.128. The first-order chi connectivity index (χ1) is 8.15. The highest BCUT2D eigenvalue weighted by atomic mass is 35.5. The zero-order chi connectivity index (χ0) is 11.9. The van der Waals surface area contributed by atoms with E-state index in [1.165, 1.54) is 0 Å². The van der Waals surface area contributed by atoms with Crippen LogP contribution in [0.15, 0.2) is 24.3 Å². The van der Waals surface area contributed by atoms with Crippen LogP contribution < -0.4 is 10.1 Å². The molecule has 17 heavy (non-hydrogen) atoms. The molecule has 3 aliphatic carbocycles. The third kappa shape index (κ3) is 2.12. The molecule has 89 valence electrons. The number of nitrogens with one attached hydrogen (secondary N) is 1. The summed E-state index contributed by atoms with van der Waals surface area (Å²) < 4.78 is 5.38. The maximum absolute atomic E-state index is 11.6. The lowest BCUT2D eigenvalue weighted by Gasteiger charge is -2.61. The minimum atomic E-state index is -0.0429. The van der Waals surface area contributed by atoms with Gasteiger partial charge in [-0.1, -0.05) is 11.6 Å². The summed E-state index contributed by atoms with van der Waals surface area (Å²) in [6.45, 7) is 0.0682. The molecule has 0 saturated heterocycles. The minimum Gasteiger partial charge on any atom is -0.484 e.